The van der Waals surface area contributed by atoms with E-state index in [-0.39, 0.29) is 6.04 Å². The third-order valence-corrected chi connectivity index (χ3v) is 3.91. The Morgan fingerprint density at radius 3 is 2.65 bits per heavy atom. The number of nitrogens with zero attached hydrogens (tertiary/aromatic N) is 1. The van der Waals surface area contributed by atoms with Gasteiger partial charge in [-0.15, -0.1) is 0 Å². The molecular weight excluding hydrogens is 265 g/mol. The standard InChI is InChI=1S/C15H21F3N2/c1-11-4-2-3-9-20(11)14-6-5-12(7-8-19)10-13(14)15(16,17)18/h5-6,10-11H,2-4,7-9,19H2,1H3. The minimum atomic E-state index is -4.32. The van der Waals surface area contributed by atoms with E-state index in [0.29, 0.717) is 30.8 Å². The molecule has 1 aromatic rings. The first-order valence-corrected chi connectivity index (χ1v) is 7.10. The molecule has 20 heavy (non-hydrogen) atoms. The zero-order valence-electron chi connectivity index (χ0n) is 11.7. The summed E-state index contributed by atoms with van der Waals surface area (Å²) < 4.78 is 39.9. The fourth-order valence-electron chi connectivity index (χ4n) is 2.84. The summed E-state index contributed by atoms with van der Waals surface area (Å²) >= 11 is 0. The summed E-state index contributed by atoms with van der Waals surface area (Å²) in [6.07, 6.45) is -0.867. The molecule has 0 saturated carbocycles. The molecule has 1 unspecified atom stereocenters. The molecule has 1 aliphatic rings. The van der Waals surface area contributed by atoms with E-state index in [1.54, 1.807) is 12.1 Å². The van der Waals surface area contributed by atoms with Gasteiger partial charge in [0.05, 0.1) is 5.56 Å². The first-order valence-electron chi connectivity index (χ1n) is 7.10. The van der Waals surface area contributed by atoms with Gasteiger partial charge in [0, 0.05) is 18.3 Å². The predicted octanol–water partition coefficient (Wildman–Crippen LogP) is 3.59. The normalized spacial score (nSPS) is 20.2. The van der Waals surface area contributed by atoms with Crippen molar-refractivity contribution in [3.05, 3.63) is 29.3 Å². The number of rotatable bonds is 3. The summed E-state index contributed by atoms with van der Waals surface area (Å²) in [5.41, 5.74) is 5.86. The molecule has 2 N–H and O–H groups in total. The van der Waals surface area contributed by atoms with Gasteiger partial charge in [0.15, 0.2) is 0 Å². The predicted molar refractivity (Wildman–Crippen MR) is 74.9 cm³/mol. The summed E-state index contributed by atoms with van der Waals surface area (Å²) in [7, 11) is 0. The number of hydrogen-bond acceptors (Lipinski definition) is 2. The zero-order chi connectivity index (χ0) is 14.8. The van der Waals surface area contributed by atoms with Crippen molar-refractivity contribution < 1.29 is 13.2 Å². The Labute approximate surface area is 117 Å². The second kappa shape index (κ2) is 6.04. The van der Waals surface area contributed by atoms with Crippen LogP contribution in [0, 0.1) is 0 Å². The number of benzene rings is 1. The van der Waals surface area contributed by atoms with Crippen molar-refractivity contribution in [2.75, 3.05) is 18.0 Å². The number of hydrogen-bond donors (Lipinski definition) is 1. The zero-order valence-corrected chi connectivity index (χ0v) is 11.7. The maximum Gasteiger partial charge on any atom is 0.418 e. The van der Waals surface area contributed by atoms with Gasteiger partial charge in [0.1, 0.15) is 0 Å². The highest BCUT2D eigenvalue weighted by atomic mass is 19.4. The Balaban J connectivity index is 2.40. The van der Waals surface area contributed by atoms with E-state index in [2.05, 4.69) is 0 Å². The summed E-state index contributed by atoms with van der Waals surface area (Å²) in [6.45, 7) is 3.05. The molecule has 0 aromatic heterocycles. The molecule has 0 spiro atoms. The summed E-state index contributed by atoms with van der Waals surface area (Å²) in [5, 5.41) is 0. The van der Waals surface area contributed by atoms with Crippen LogP contribution in [0.1, 0.15) is 37.3 Å². The fourth-order valence-corrected chi connectivity index (χ4v) is 2.84. The number of anilines is 1. The highest BCUT2D eigenvalue weighted by molar-refractivity contribution is 5.57. The molecule has 2 rings (SSSR count). The molecule has 5 heteroatoms. The molecule has 1 aromatic carbocycles. The quantitative estimate of drug-likeness (QED) is 0.920. The molecule has 2 nitrogen and oxygen atoms in total. The van der Waals surface area contributed by atoms with E-state index in [4.69, 9.17) is 5.73 Å². The van der Waals surface area contributed by atoms with Gasteiger partial charge < -0.3 is 10.6 Å². The van der Waals surface area contributed by atoms with E-state index >= 15 is 0 Å². The van der Waals surface area contributed by atoms with Crippen LogP contribution in [0.15, 0.2) is 18.2 Å². The van der Waals surface area contributed by atoms with Crippen LogP contribution in [0.4, 0.5) is 18.9 Å². The molecule has 1 heterocycles. The minimum absolute atomic E-state index is 0.158. The third kappa shape index (κ3) is 3.26. The SMILES string of the molecule is CC1CCCCN1c1ccc(CCN)cc1C(F)(F)F. The number of alkyl halides is 3. The van der Waals surface area contributed by atoms with Gasteiger partial charge in [0.25, 0.3) is 0 Å². The van der Waals surface area contributed by atoms with Crippen LogP contribution < -0.4 is 10.6 Å². The van der Waals surface area contributed by atoms with Crippen molar-refractivity contribution in [1.29, 1.82) is 0 Å². The molecule has 0 amide bonds. The molecule has 112 valence electrons. The number of halogens is 3. The highest BCUT2D eigenvalue weighted by Gasteiger charge is 2.36. The molecule has 1 saturated heterocycles. The van der Waals surface area contributed by atoms with Crippen molar-refractivity contribution >= 4 is 5.69 Å². The Morgan fingerprint density at radius 2 is 2.05 bits per heavy atom. The largest absolute Gasteiger partial charge is 0.418 e. The first-order chi connectivity index (χ1) is 9.43. The molecule has 1 atom stereocenters. The van der Waals surface area contributed by atoms with Gasteiger partial charge in [-0.25, -0.2) is 0 Å². The van der Waals surface area contributed by atoms with Gasteiger partial charge >= 0.3 is 6.18 Å². The van der Waals surface area contributed by atoms with Crippen molar-refractivity contribution in [3.8, 4) is 0 Å². The number of piperidine rings is 1. The van der Waals surface area contributed by atoms with Gasteiger partial charge in [0.2, 0.25) is 0 Å². The van der Waals surface area contributed by atoms with Crippen molar-refractivity contribution in [1.82, 2.24) is 0 Å². The van der Waals surface area contributed by atoms with E-state index in [0.717, 1.165) is 19.3 Å². The average molecular weight is 286 g/mol. The first kappa shape index (κ1) is 15.2. The fraction of sp³-hybridized carbons (Fsp3) is 0.600. The highest BCUT2D eigenvalue weighted by Crippen LogP contribution is 2.39. The van der Waals surface area contributed by atoms with E-state index in [9.17, 15) is 13.2 Å². The van der Waals surface area contributed by atoms with Crippen LogP contribution in [-0.4, -0.2) is 19.1 Å². The monoisotopic (exact) mass is 286 g/mol. The van der Waals surface area contributed by atoms with Gasteiger partial charge in [-0.05, 0) is 56.8 Å². The van der Waals surface area contributed by atoms with Gasteiger partial charge in [-0.1, -0.05) is 6.07 Å². The smallest absolute Gasteiger partial charge is 0.368 e. The Hall–Kier alpha value is -1.23. The molecule has 0 aliphatic carbocycles. The van der Waals surface area contributed by atoms with Crippen LogP contribution in [0.3, 0.4) is 0 Å². The molecule has 0 bridgehead atoms. The summed E-state index contributed by atoms with van der Waals surface area (Å²) in [6, 6.07) is 4.78. The lowest BCUT2D eigenvalue weighted by Gasteiger charge is -2.37. The second-order valence-electron chi connectivity index (χ2n) is 5.43. The lowest BCUT2D eigenvalue weighted by molar-refractivity contribution is -0.137. The molecule has 1 aliphatic heterocycles. The molecule has 1 fully saturated rings. The Bertz CT molecular complexity index is 457. The summed E-state index contributed by atoms with van der Waals surface area (Å²) in [4.78, 5) is 1.89. The van der Waals surface area contributed by atoms with E-state index < -0.39 is 11.7 Å². The summed E-state index contributed by atoms with van der Waals surface area (Å²) in [5.74, 6) is 0. The lowest BCUT2D eigenvalue weighted by atomic mass is 9.99. The van der Waals surface area contributed by atoms with E-state index in [1.807, 2.05) is 11.8 Å². The molecular formula is C15H21F3N2. The lowest BCUT2D eigenvalue weighted by Crippen LogP contribution is -2.38. The van der Waals surface area contributed by atoms with E-state index in [1.165, 1.54) is 6.07 Å². The van der Waals surface area contributed by atoms with Crippen LogP contribution in [0.25, 0.3) is 0 Å². The van der Waals surface area contributed by atoms with Crippen molar-refractivity contribution in [2.45, 2.75) is 44.8 Å². The Morgan fingerprint density at radius 1 is 1.30 bits per heavy atom. The van der Waals surface area contributed by atoms with Crippen LogP contribution in [0.5, 0.6) is 0 Å². The van der Waals surface area contributed by atoms with Gasteiger partial charge in [-0.2, -0.15) is 13.2 Å². The topological polar surface area (TPSA) is 29.3 Å². The maximum atomic E-state index is 13.3. The minimum Gasteiger partial charge on any atom is -0.368 e. The van der Waals surface area contributed by atoms with Crippen LogP contribution in [0.2, 0.25) is 0 Å². The average Bonchev–Trinajstić information content (AvgIpc) is 2.39. The molecule has 0 radical (unpaired) electrons. The van der Waals surface area contributed by atoms with Crippen molar-refractivity contribution in [2.24, 2.45) is 5.73 Å². The maximum absolute atomic E-state index is 13.3. The number of nitrogens with two attached hydrogens (primary N) is 1. The third-order valence-electron chi connectivity index (χ3n) is 3.91. The van der Waals surface area contributed by atoms with Crippen LogP contribution in [-0.2, 0) is 12.6 Å². The van der Waals surface area contributed by atoms with Crippen LogP contribution >= 0.6 is 0 Å². The second-order valence-corrected chi connectivity index (χ2v) is 5.43. The Kier molecular flexibility index (Phi) is 4.58. The van der Waals surface area contributed by atoms with Crippen molar-refractivity contribution in [3.63, 3.8) is 0 Å². The van der Waals surface area contributed by atoms with Gasteiger partial charge in [-0.3, -0.25) is 0 Å².